The fraction of sp³-hybridized carbons (Fsp3) is 1.00. The van der Waals surface area contributed by atoms with Crippen LogP contribution in [0, 0.1) is 5.92 Å². The molecular formula is C10H21NO2. The summed E-state index contributed by atoms with van der Waals surface area (Å²) < 4.78 is 0. The lowest BCUT2D eigenvalue weighted by molar-refractivity contribution is 0.0725. The van der Waals surface area contributed by atoms with Crippen molar-refractivity contribution in [3.8, 4) is 0 Å². The summed E-state index contributed by atoms with van der Waals surface area (Å²) in [6.45, 7) is 4.78. The number of hydrogen-bond acceptors (Lipinski definition) is 3. The van der Waals surface area contributed by atoms with Gasteiger partial charge in [0.15, 0.2) is 0 Å². The van der Waals surface area contributed by atoms with E-state index >= 15 is 0 Å². The van der Waals surface area contributed by atoms with Crippen molar-refractivity contribution in [2.75, 3.05) is 26.3 Å². The first-order chi connectivity index (χ1) is 6.27. The second-order valence-corrected chi connectivity index (χ2v) is 4.07. The Labute approximate surface area is 80.4 Å². The van der Waals surface area contributed by atoms with E-state index in [-0.39, 0.29) is 19.3 Å². The molecule has 1 aliphatic heterocycles. The summed E-state index contributed by atoms with van der Waals surface area (Å²) in [5, 5.41) is 17.9. The molecule has 2 N–H and O–H groups in total. The van der Waals surface area contributed by atoms with Crippen molar-refractivity contribution in [1.29, 1.82) is 0 Å². The van der Waals surface area contributed by atoms with E-state index < -0.39 is 0 Å². The van der Waals surface area contributed by atoms with E-state index in [9.17, 15) is 0 Å². The Morgan fingerprint density at radius 1 is 1.31 bits per heavy atom. The molecule has 0 spiro atoms. The van der Waals surface area contributed by atoms with Crippen molar-refractivity contribution in [2.45, 2.75) is 32.2 Å². The minimum atomic E-state index is 0.176. The molecular weight excluding hydrogens is 166 g/mol. The fourth-order valence-corrected chi connectivity index (χ4v) is 1.93. The van der Waals surface area contributed by atoms with E-state index in [1.807, 2.05) is 0 Å². The zero-order valence-electron chi connectivity index (χ0n) is 8.45. The summed E-state index contributed by atoms with van der Waals surface area (Å²) in [6, 6.07) is 0.178. The van der Waals surface area contributed by atoms with Crippen LogP contribution in [0.5, 0.6) is 0 Å². The molecule has 13 heavy (non-hydrogen) atoms. The third-order valence-electron chi connectivity index (χ3n) is 3.01. The monoisotopic (exact) mass is 187 g/mol. The summed E-state index contributed by atoms with van der Waals surface area (Å²) in [7, 11) is 0. The van der Waals surface area contributed by atoms with Crippen molar-refractivity contribution in [3.05, 3.63) is 0 Å². The predicted molar refractivity (Wildman–Crippen MR) is 52.5 cm³/mol. The molecule has 0 aromatic heterocycles. The largest absolute Gasteiger partial charge is 0.396 e. The lowest BCUT2D eigenvalue weighted by Crippen LogP contribution is -2.43. The van der Waals surface area contributed by atoms with Gasteiger partial charge in [0, 0.05) is 12.6 Å². The van der Waals surface area contributed by atoms with Gasteiger partial charge >= 0.3 is 0 Å². The lowest BCUT2D eigenvalue weighted by atomic mass is 9.97. The van der Waals surface area contributed by atoms with Crippen molar-refractivity contribution < 1.29 is 10.2 Å². The number of aliphatic hydroxyl groups is 2. The van der Waals surface area contributed by atoms with E-state index in [2.05, 4.69) is 11.8 Å². The van der Waals surface area contributed by atoms with Gasteiger partial charge in [0.1, 0.15) is 0 Å². The molecule has 1 saturated heterocycles. The molecule has 0 bridgehead atoms. The highest BCUT2D eigenvalue weighted by molar-refractivity contribution is 4.76. The standard InChI is InChI=1S/C10H21NO2/c1-9-2-5-11(6-3-9)10(8-13)4-7-12/h9-10,12-13H,2-8H2,1H3. The first kappa shape index (κ1) is 11.0. The Kier molecular flexibility index (Phi) is 4.70. The van der Waals surface area contributed by atoms with Crippen LogP contribution in [0.1, 0.15) is 26.2 Å². The van der Waals surface area contributed by atoms with Gasteiger partial charge in [-0.25, -0.2) is 0 Å². The van der Waals surface area contributed by atoms with E-state index in [0.717, 1.165) is 19.0 Å². The average molecular weight is 187 g/mol. The molecule has 78 valence electrons. The third kappa shape index (κ3) is 3.25. The minimum absolute atomic E-state index is 0.176. The zero-order chi connectivity index (χ0) is 9.68. The van der Waals surface area contributed by atoms with Crippen LogP contribution in [0.2, 0.25) is 0 Å². The van der Waals surface area contributed by atoms with Crippen LogP contribution in [0.4, 0.5) is 0 Å². The first-order valence-electron chi connectivity index (χ1n) is 5.23. The molecule has 3 nitrogen and oxygen atoms in total. The second-order valence-electron chi connectivity index (χ2n) is 4.07. The number of piperidine rings is 1. The SMILES string of the molecule is CC1CCN(C(CO)CCO)CC1. The Morgan fingerprint density at radius 2 is 1.92 bits per heavy atom. The first-order valence-corrected chi connectivity index (χ1v) is 5.23. The van der Waals surface area contributed by atoms with Crippen LogP contribution >= 0.6 is 0 Å². The summed E-state index contributed by atoms with van der Waals surface area (Å²) in [6.07, 6.45) is 3.15. The molecule has 0 saturated carbocycles. The molecule has 1 fully saturated rings. The summed E-state index contributed by atoms with van der Waals surface area (Å²) in [5.74, 6) is 0.824. The maximum Gasteiger partial charge on any atom is 0.0587 e. The average Bonchev–Trinajstić information content (AvgIpc) is 2.16. The van der Waals surface area contributed by atoms with Crippen LogP contribution in [-0.2, 0) is 0 Å². The predicted octanol–water partition coefficient (Wildman–Crippen LogP) is 0.462. The van der Waals surface area contributed by atoms with Gasteiger partial charge in [-0.15, -0.1) is 0 Å². The van der Waals surface area contributed by atoms with Crippen LogP contribution in [0.15, 0.2) is 0 Å². The van der Waals surface area contributed by atoms with Crippen LogP contribution in [0.3, 0.4) is 0 Å². The van der Waals surface area contributed by atoms with Gasteiger partial charge in [0.25, 0.3) is 0 Å². The number of rotatable bonds is 4. The van der Waals surface area contributed by atoms with Crippen molar-refractivity contribution in [3.63, 3.8) is 0 Å². The highest BCUT2D eigenvalue weighted by Crippen LogP contribution is 2.18. The van der Waals surface area contributed by atoms with Crippen LogP contribution < -0.4 is 0 Å². The van der Waals surface area contributed by atoms with Gasteiger partial charge in [-0.3, -0.25) is 4.90 Å². The maximum atomic E-state index is 9.12. The van der Waals surface area contributed by atoms with Crippen molar-refractivity contribution >= 4 is 0 Å². The molecule has 1 unspecified atom stereocenters. The Morgan fingerprint density at radius 3 is 2.38 bits per heavy atom. The summed E-state index contributed by atoms with van der Waals surface area (Å²) in [4.78, 5) is 2.30. The van der Waals surface area contributed by atoms with Gasteiger partial charge < -0.3 is 10.2 Å². The number of hydrogen-bond donors (Lipinski definition) is 2. The molecule has 1 rings (SSSR count). The van der Waals surface area contributed by atoms with E-state index in [4.69, 9.17) is 10.2 Å². The van der Waals surface area contributed by atoms with Gasteiger partial charge in [0.2, 0.25) is 0 Å². The lowest BCUT2D eigenvalue weighted by Gasteiger charge is -2.35. The van der Waals surface area contributed by atoms with Crippen molar-refractivity contribution in [2.24, 2.45) is 5.92 Å². The molecule has 0 amide bonds. The second kappa shape index (κ2) is 5.58. The Hall–Kier alpha value is -0.120. The van der Waals surface area contributed by atoms with Crippen LogP contribution in [-0.4, -0.2) is 47.5 Å². The molecule has 0 radical (unpaired) electrons. The van der Waals surface area contributed by atoms with Gasteiger partial charge in [0.05, 0.1) is 6.61 Å². The van der Waals surface area contributed by atoms with Crippen molar-refractivity contribution in [1.82, 2.24) is 4.90 Å². The highest BCUT2D eigenvalue weighted by atomic mass is 16.3. The zero-order valence-corrected chi connectivity index (χ0v) is 8.45. The fourth-order valence-electron chi connectivity index (χ4n) is 1.93. The molecule has 1 heterocycles. The normalized spacial score (nSPS) is 23.3. The number of aliphatic hydroxyl groups excluding tert-OH is 2. The molecule has 0 aliphatic carbocycles. The molecule has 0 aromatic carbocycles. The topological polar surface area (TPSA) is 43.7 Å². The summed E-state index contributed by atoms with van der Waals surface area (Å²) in [5.41, 5.74) is 0. The van der Waals surface area contributed by atoms with E-state index in [1.165, 1.54) is 12.8 Å². The third-order valence-corrected chi connectivity index (χ3v) is 3.01. The summed E-state index contributed by atoms with van der Waals surface area (Å²) >= 11 is 0. The molecule has 3 heteroatoms. The quantitative estimate of drug-likeness (QED) is 0.672. The Balaban J connectivity index is 2.32. The maximum absolute atomic E-state index is 9.12. The Bertz CT molecular complexity index is 133. The van der Waals surface area contributed by atoms with E-state index in [0.29, 0.717) is 6.42 Å². The number of nitrogens with zero attached hydrogens (tertiary/aromatic N) is 1. The molecule has 1 atom stereocenters. The smallest absolute Gasteiger partial charge is 0.0587 e. The van der Waals surface area contributed by atoms with Gasteiger partial charge in [-0.2, -0.15) is 0 Å². The minimum Gasteiger partial charge on any atom is -0.396 e. The van der Waals surface area contributed by atoms with E-state index in [1.54, 1.807) is 0 Å². The van der Waals surface area contributed by atoms with Gasteiger partial charge in [-0.1, -0.05) is 6.92 Å². The molecule has 0 aromatic rings. The number of likely N-dealkylation sites (tertiary alicyclic amines) is 1. The van der Waals surface area contributed by atoms with Crippen LogP contribution in [0.25, 0.3) is 0 Å². The highest BCUT2D eigenvalue weighted by Gasteiger charge is 2.21. The van der Waals surface area contributed by atoms with Gasteiger partial charge in [-0.05, 0) is 38.3 Å². The molecule has 1 aliphatic rings.